The first-order valence-corrected chi connectivity index (χ1v) is 4.94. The highest BCUT2D eigenvalue weighted by Gasteiger charge is 2.13. The van der Waals surface area contributed by atoms with Crippen LogP contribution < -0.4 is 5.73 Å². The highest BCUT2D eigenvalue weighted by molar-refractivity contribution is 6.31. The van der Waals surface area contributed by atoms with Gasteiger partial charge in [0.1, 0.15) is 5.82 Å². The molecule has 15 heavy (non-hydrogen) atoms. The first-order chi connectivity index (χ1) is 7.19. The summed E-state index contributed by atoms with van der Waals surface area (Å²) in [5.41, 5.74) is 6.13. The molecule has 1 aromatic rings. The maximum Gasteiger partial charge on any atom is 0.124 e. The third kappa shape index (κ3) is 3.43. The predicted octanol–water partition coefficient (Wildman–Crippen LogP) is 1.49. The zero-order chi connectivity index (χ0) is 11.3. The highest BCUT2D eigenvalue weighted by atomic mass is 35.5. The average molecular weight is 234 g/mol. The molecule has 0 saturated heterocycles. The minimum atomic E-state index is -0.412. The Labute approximate surface area is 92.6 Å². The van der Waals surface area contributed by atoms with Crippen LogP contribution in [-0.2, 0) is 4.74 Å². The SMILES string of the molecule is NCC(OCCO)c1ccc(F)cc1Cl. The van der Waals surface area contributed by atoms with Crippen molar-refractivity contribution in [3.63, 3.8) is 0 Å². The lowest BCUT2D eigenvalue weighted by atomic mass is 10.1. The Bertz CT molecular complexity index is 322. The second-order valence-corrected chi connectivity index (χ2v) is 3.39. The molecule has 0 saturated carbocycles. The quantitative estimate of drug-likeness (QED) is 0.810. The Morgan fingerprint density at radius 1 is 1.53 bits per heavy atom. The molecule has 0 heterocycles. The molecule has 3 N–H and O–H groups in total. The van der Waals surface area contributed by atoms with Crippen LogP contribution in [0.5, 0.6) is 0 Å². The number of ether oxygens (including phenoxy) is 1. The third-order valence-corrected chi connectivity index (χ3v) is 2.26. The van der Waals surface area contributed by atoms with Gasteiger partial charge in [0.15, 0.2) is 0 Å². The summed E-state index contributed by atoms with van der Waals surface area (Å²) in [7, 11) is 0. The molecule has 1 unspecified atom stereocenters. The van der Waals surface area contributed by atoms with Crippen molar-refractivity contribution in [1.82, 2.24) is 0 Å². The Kier molecular flexibility index (Phi) is 4.98. The van der Waals surface area contributed by atoms with Crippen molar-refractivity contribution in [2.45, 2.75) is 6.10 Å². The highest BCUT2D eigenvalue weighted by Crippen LogP contribution is 2.25. The van der Waals surface area contributed by atoms with Crippen molar-refractivity contribution in [3.8, 4) is 0 Å². The lowest BCUT2D eigenvalue weighted by Gasteiger charge is -2.16. The van der Waals surface area contributed by atoms with E-state index in [9.17, 15) is 4.39 Å². The Morgan fingerprint density at radius 2 is 2.27 bits per heavy atom. The summed E-state index contributed by atoms with van der Waals surface area (Å²) in [6.45, 7) is 0.316. The van der Waals surface area contributed by atoms with Crippen LogP contribution in [0.3, 0.4) is 0 Å². The molecule has 0 bridgehead atoms. The first kappa shape index (κ1) is 12.4. The zero-order valence-corrected chi connectivity index (χ0v) is 8.88. The second-order valence-electron chi connectivity index (χ2n) is 2.98. The van der Waals surface area contributed by atoms with Crippen molar-refractivity contribution in [1.29, 1.82) is 0 Å². The molecule has 0 aromatic heterocycles. The van der Waals surface area contributed by atoms with Crippen LogP contribution in [0, 0.1) is 5.82 Å². The van der Waals surface area contributed by atoms with Gasteiger partial charge in [-0.3, -0.25) is 0 Å². The molecule has 0 aliphatic rings. The van der Waals surface area contributed by atoms with Gasteiger partial charge in [-0.1, -0.05) is 17.7 Å². The van der Waals surface area contributed by atoms with Crippen LogP contribution >= 0.6 is 11.6 Å². The van der Waals surface area contributed by atoms with Crippen LogP contribution in [0.25, 0.3) is 0 Å². The Morgan fingerprint density at radius 3 is 2.80 bits per heavy atom. The van der Waals surface area contributed by atoms with E-state index in [1.807, 2.05) is 0 Å². The van der Waals surface area contributed by atoms with Crippen LogP contribution in [0.2, 0.25) is 5.02 Å². The van der Waals surface area contributed by atoms with Gasteiger partial charge in [-0.25, -0.2) is 4.39 Å². The van der Waals surface area contributed by atoms with E-state index in [1.165, 1.54) is 18.2 Å². The maximum absolute atomic E-state index is 12.8. The fraction of sp³-hybridized carbons (Fsp3) is 0.400. The molecule has 0 spiro atoms. The van der Waals surface area contributed by atoms with Crippen molar-refractivity contribution < 1.29 is 14.2 Å². The van der Waals surface area contributed by atoms with Crippen molar-refractivity contribution in [2.75, 3.05) is 19.8 Å². The summed E-state index contributed by atoms with van der Waals surface area (Å²) in [4.78, 5) is 0. The number of hydrogen-bond acceptors (Lipinski definition) is 3. The molecule has 0 aliphatic heterocycles. The predicted molar refractivity (Wildman–Crippen MR) is 56.2 cm³/mol. The lowest BCUT2D eigenvalue weighted by molar-refractivity contribution is 0.0329. The number of aliphatic hydroxyl groups excluding tert-OH is 1. The van der Waals surface area contributed by atoms with E-state index in [0.29, 0.717) is 5.56 Å². The van der Waals surface area contributed by atoms with Crippen LogP contribution in [0.1, 0.15) is 11.7 Å². The monoisotopic (exact) mass is 233 g/mol. The van der Waals surface area contributed by atoms with Gasteiger partial charge in [-0.15, -0.1) is 0 Å². The van der Waals surface area contributed by atoms with Crippen LogP contribution in [0.4, 0.5) is 4.39 Å². The summed E-state index contributed by atoms with van der Waals surface area (Å²) < 4.78 is 18.0. The number of nitrogens with two attached hydrogens (primary N) is 1. The van der Waals surface area contributed by atoms with Crippen LogP contribution in [-0.4, -0.2) is 24.9 Å². The Hall–Kier alpha value is -0.680. The molecule has 1 aromatic carbocycles. The number of rotatable bonds is 5. The van der Waals surface area contributed by atoms with E-state index in [1.54, 1.807) is 0 Å². The third-order valence-electron chi connectivity index (χ3n) is 1.93. The summed E-state index contributed by atoms with van der Waals surface area (Å²) in [5.74, 6) is -0.401. The summed E-state index contributed by atoms with van der Waals surface area (Å²) in [6.07, 6.45) is -0.412. The fourth-order valence-electron chi connectivity index (χ4n) is 1.24. The van der Waals surface area contributed by atoms with E-state index >= 15 is 0 Å². The molecule has 1 atom stereocenters. The molecule has 0 aliphatic carbocycles. The van der Waals surface area contributed by atoms with Crippen molar-refractivity contribution in [2.24, 2.45) is 5.73 Å². The zero-order valence-electron chi connectivity index (χ0n) is 8.12. The van der Waals surface area contributed by atoms with Gasteiger partial charge in [0.05, 0.1) is 19.3 Å². The normalized spacial score (nSPS) is 12.8. The van der Waals surface area contributed by atoms with Gasteiger partial charge in [0.25, 0.3) is 0 Å². The number of benzene rings is 1. The van der Waals surface area contributed by atoms with Gasteiger partial charge >= 0.3 is 0 Å². The van der Waals surface area contributed by atoms with E-state index in [4.69, 9.17) is 27.2 Å². The van der Waals surface area contributed by atoms with Crippen molar-refractivity contribution >= 4 is 11.6 Å². The second kappa shape index (κ2) is 6.02. The lowest BCUT2D eigenvalue weighted by Crippen LogP contribution is -2.18. The van der Waals surface area contributed by atoms with E-state index in [0.717, 1.165) is 0 Å². The van der Waals surface area contributed by atoms with Gasteiger partial charge in [-0.2, -0.15) is 0 Å². The van der Waals surface area contributed by atoms with E-state index in [2.05, 4.69) is 0 Å². The van der Waals surface area contributed by atoms with Crippen LogP contribution in [0.15, 0.2) is 18.2 Å². The standard InChI is InChI=1S/C10H13ClFNO2/c11-9-5-7(12)1-2-8(9)10(6-13)15-4-3-14/h1-2,5,10,14H,3-4,6,13H2. The van der Waals surface area contributed by atoms with Crippen molar-refractivity contribution in [3.05, 3.63) is 34.6 Å². The molecular formula is C10H13ClFNO2. The molecule has 5 heteroatoms. The molecule has 84 valence electrons. The molecule has 0 fully saturated rings. The van der Waals surface area contributed by atoms with Gasteiger partial charge in [0.2, 0.25) is 0 Å². The molecular weight excluding hydrogens is 221 g/mol. The first-order valence-electron chi connectivity index (χ1n) is 4.56. The Balaban J connectivity index is 2.81. The smallest absolute Gasteiger partial charge is 0.124 e. The summed E-state index contributed by atoms with van der Waals surface area (Å²) >= 11 is 5.84. The largest absolute Gasteiger partial charge is 0.394 e. The average Bonchev–Trinajstić information content (AvgIpc) is 2.21. The molecule has 0 amide bonds. The van der Waals surface area contributed by atoms with Gasteiger partial charge in [0, 0.05) is 17.1 Å². The summed E-state index contributed by atoms with van der Waals surface area (Å²) in [6, 6.07) is 4.04. The van der Waals surface area contributed by atoms with Gasteiger partial charge in [-0.05, 0) is 12.1 Å². The fourth-order valence-corrected chi connectivity index (χ4v) is 1.53. The molecule has 1 rings (SSSR count). The topological polar surface area (TPSA) is 55.5 Å². The maximum atomic E-state index is 12.8. The number of hydrogen-bond donors (Lipinski definition) is 2. The molecule has 0 radical (unpaired) electrons. The van der Waals surface area contributed by atoms with E-state index < -0.39 is 11.9 Å². The number of aliphatic hydroxyl groups is 1. The minimum absolute atomic E-state index is 0.0880. The van der Waals surface area contributed by atoms with Gasteiger partial charge < -0.3 is 15.6 Å². The number of halogens is 2. The minimum Gasteiger partial charge on any atom is -0.394 e. The summed E-state index contributed by atoms with van der Waals surface area (Å²) in [5, 5.41) is 8.89. The van der Waals surface area contributed by atoms with E-state index in [-0.39, 0.29) is 24.8 Å². The molecule has 3 nitrogen and oxygen atoms in total.